The predicted molar refractivity (Wildman–Crippen MR) is 69.7 cm³/mol. The fourth-order valence-electron chi connectivity index (χ4n) is 2.48. The summed E-state index contributed by atoms with van der Waals surface area (Å²) in [4.78, 5) is 13.0. The summed E-state index contributed by atoms with van der Waals surface area (Å²) in [6, 6.07) is 8.38. The molecule has 1 N–H and O–H groups in total. The number of fused-ring (bicyclic) bond motifs is 1. The van der Waals surface area contributed by atoms with E-state index in [2.05, 4.69) is 38.6 Å². The molecule has 7 heteroatoms. The lowest BCUT2D eigenvalue weighted by molar-refractivity contribution is -0.138. The van der Waals surface area contributed by atoms with Crippen molar-refractivity contribution in [1.29, 1.82) is 0 Å². The van der Waals surface area contributed by atoms with E-state index in [4.69, 9.17) is 5.11 Å². The molecule has 0 saturated carbocycles. The first-order valence-electron chi connectivity index (χ1n) is 6.48. The van der Waals surface area contributed by atoms with Gasteiger partial charge in [-0.15, -0.1) is 5.10 Å². The van der Waals surface area contributed by atoms with Gasteiger partial charge in [0.1, 0.15) is 6.54 Å². The standard InChI is InChI=1S/C13H15N5O2/c19-13(20)9-18-12(14-15-16-18)8-17-6-5-10-3-1-2-4-11(10)7-17/h1-4H,5-9H2,(H,19,20). The molecule has 0 spiro atoms. The lowest BCUT2D eigenvalue weighted by Crippen LogP contribution is -2.31. The number of tetrazole rings is 1. The summed E-state index contributed by atoms with van der Waals surface area (Å²) in [5.41, 5.74) is 2.70. The third kappa shape index (κ3) is 2.67. The zero-order chi connectivity index (χ0) is 13.9. The van der Waals surface area contributed by atoms with Crippen LogP contribution in [-0.4, -0.2) is 42.7 Å². The average Bonchev–Trinajstić information content (AvgIpc) is 2.85. The number of benzene rings is 1. The molecule has 7 nitrogen and oxygen atoms in total. The summed E-state index contributed by atoms with van der Waals surface area (Å²) in [6.07, 6.45) is 0.997. The lowest BCUT2D eigenvalue weighted by Gasteiger charge is -2.27. The van der Waals surface area contributed by atoms with E-state index in [9.17, 15) is 4.79 Å². The quantitative estimate of drug-likeness (QED) is 0.863. The predicted octanol–water partition coefficient (Wildman–Crippen LogP) is 0.316. The van der Waals surface area contributed by atoms with Crippen molar-refractivity contribution in [2.45, 2.75) is 26.1 Å². The maximum Gasteiger partial charge on any atom is 0.325 e. The maximum absolute atomic E-state index is 10.7. The van der Waals surface area contributed by atoms with Gasteiger partial charge in [-0.25, -0.2) is 4.68 Å². The number of carboxylic acids is 1. The molecule has 0 fully saturated rings. The number of rotatable bonds is 4. The number of nitrogens with zero attached hydrogens (tertiary/aromatic N) is 5. The Morgan fingerprint density at radius 3 is 2.90 bits per heavy atom. The van der Waals surface area contributed by atoms with E-state index in [1.54, 1.807) is 0 Å². The summed E-state index contributed by atoms with van der Waals surface area (Å²) in [5.74, 6) is -0.352. The van der Waals surface area contributed by atoms with Gasteiger partial charge < -0.3 is 5.11 Å². The molecule has 0 bridgehead atoms. The molecule has 1 aromatic heterocycles. The molecule has 0 amide bonds. The maximum atomic E-state index is 10.7. The minimum absolute atomic E-state index is 0.202. The molecule has 1 aliphatic rings. The van der Waals surface area contributed by atoms with Gasteiger partial charge in [-0.2, -0.15) is 0 Å². The van der Waals surface area contributed by atoms with Crippen LogP contribution in [0.15, 0.2) is 24.3 Å². The Kier molecular flexibility index (Phi) is 3.42. The van der Waals surface area contributed by atoms with E-state index < -0.39 is 5.97 Å². The molecule has 3 rings (SSSR count). The molecular weight excluding hydrogens is 258 g/mol. The molecule has 0 saturated heterocycles. The van der Waals surface area contributed by atoms with Crippen molar-refractivity contribution in [2.75, 3.05) is 6.54 Å². The summed E-state index contributed by atoms with van der Waals surface area (Å²) in [5, 5.41) is 20.0. The van der Waals surface area contributed by atoms with Crippen LogP contribution in [0, 0.1) is 0 Å². The number of hydrogen-bond acceptors (Lipinski definition) is 5. The van der Waals surface area contributed by atoms with Crippen LogP contribution in [0.25, 0.3) is 0 Å². The highest BCUT2D eigenvalue weighted by molar-refractivity contribution is 5.66. The summed E-state index contributed by atoms with van der Waals surface area (Å²) in [7, 11) is 0. The highest BCUT2D eigenvalue weighted by atomic mass is 16.4. The van der Waals surface area contributed by atoms with Crippen LogP contribution in [0.5, 0.6) is 0 Å². The third-order valence-corrected chi connectivity index (χ3v) is 3.47. The number of hydrogen-bond donors (Lipinski definition) is 1. The average molecular weight is 273 g/mol. The minimum Gasteiger partial charge on any atom is -0.480 e. The highest BCUT2D eigenvalue weighted by Gasteiger charge is 2.19. The molecule has 2 heterocycles. The van der Waals surface area contributed by atoms with Gasteiger partial charge in [0, 0.05) is 13.1 Å². The Hall–Kier alpha value is -2.28. The Balaban J connectivity index is 1.71. The fourth-order valence-corrected chi connectivity index (χ4v) is 2.48. The SMILES string of the molecule is O=C(O)Cn1nnnc1CN1CCc2ccccc2C1. The van der Waals surface area contributed by atoms with E-state index in [-0.39, 0.29) is 6.54 Å². The lowest BCUT2D eigenvalue weighted by atomic mass is 10.00. The second-order valence-corrected chi connectivity index (χ2v) is 4.88. The number of carboxylic acid groups (broad SMARTS) is 1. The first kappa shape index (κ1) is 12.7. The summed E-state index contributed by atoms with van der Waals surface area (Å²) >= 11 is 0. The van der Waals surface area contributed by atoms with Gasteiger partial charge in [-0.05, 0) is 28.0 Å². The van der Waals surface area contributed by atoms with E-state index in [1.165, 1.54) is 15.8 Å². The Labute approximate surface area is 115 Å². The van der Waals surface area contributed by atoms with Crippen molar-refractivity contribution < 1.29 is 9.90 Å². The number of aromatic nitrogens is 4. The number of aliphatic carboxylic acids is 1. The second kappa shape index (κ2) is 5.38. The Bertz CT molecular complexity index is 625. The van der Waals surface area contributed by atoms with Gasteiger partial charge >= 0.3 is 5.97 Å². The van der Waals surface area contributed by atoms with Gasteiger partial charge in [-0.3, -0.25) is 9.69 Å². The van der Waals surface area contributed by atoms with E-state index in [0.29, 0.717) is 12.4 Å². The van der Waals surface area contributed by atoms with Crippen molar-refractivity contribution >= 4 is 5.97 Å². The van der Waals surface area contributed by atoms with Crippen molar-refractivity contribution in [2.24, 2.45) is 0 Å². The smallest absolute Gasteiger partial charge is 0.325 e. The summed E-state index contributed by atoms with van der Waals surface area (Å²) < 4.78 is 1.34. The van der Waals surface area contributed by atoms with Crippen molar-refractivity contribution in [3.8, 4) is 0 Å². The molecule has 20 heavy (non-hydrogen) atoms. The van der Waals surface area contributed by atoms with Crippen LogP contribution >= 0.6 is 0 Å². The molecular formula is C13H15N5O2. The third-order valence-electron chi connectivity index (χ3n) is 3.47. The zero-order valence-corrected chi connectivity index (χ0v) is 10.9. The van der Waals surface area contributed by atoms with Gasteiger partial charge in [-0.1, -0.05) is 24.3 Å². The van der Waals surface area contributed by atoms with Gasteiger partial charge in [0.2, 0.25) is 0 Å². The topological polar surface area (TPSA) is 84.1 Å². The second-order valence-electron chi connectivity index (χ2n) is 4.88. The normalized spacial score (nSPS) is 15.0. The zero-order valence-electron chi connectivity index (χ0n) is 10.9. The van der Waals surface area contributed by atoms with E-state index >= 15 is 0 Å². The van der Waals surface area contributed by atoms with E-state index in [0.717, 1.165) is 19.5 Å². The Morgan fingerprint density at radius 1 is 1.30 bits per heavy atom. The molecule has 2 aromatic rings. The molecule has 104 valence electrons. The minimum atomic E-state index is -0.942. The monoisotopic (exact) mass is 273 g/mol. The van der Waals surface area contributed by atoms with E-state index in [1.807, 2.05) is 6.07 Å². The van der Waals surface area contributed by atoms with Crippen molar-refractivity contribution in [3.63, 3.8) is 0 Å². The largest absolute Gasteiger partial charge is 0.480 e. The number of carbonyl (C=O) groups is 1. The van der Waals surface area contributed by atoms with Crippen LogP contribution < -0.4 is 0 Å². The first-order chi connectivity index (χ1) is 9.72. The molecule has 0 unspecified atom stereocenters. The van der Waals surface area contributed by atoms with Crippen LogP contribution in [0.2, 0.25) is 0 Å². The highest BCUT2D eigenvalue weighted by Crippen LogP contribution is 2.19. The molecule has 0 radical (unpaired) electrons. The first-order valence-corrected chi connectivity index (χ1v) is 6.48. The fraction of sp³-hybridized carbons (Fsp3) is 0.385. The molecule has 0 aliphatic carbocycles. The van der Waals surface area contributed by atoms with Gasteiger partial charge in [0.15, 0.2) is 5.82 Å². The van der Waals surface area contributed by atoms with Crippen LogP contribution in [0.1, 0.15) is 17.0 Å². The van der Waals surface area contributed by atoms with Crippen LogP contribution in [0.4, 0.5) is 0 Å². The van der Waals surface area contributed by atoms with Crippen LogP contribution in [0.3, 0.4) is 0 Å². The Morgan fingerprint density at radius 2 is 2.10 bits per heavy atom. The van der Waals surface area contributed by atoms with Crippen molar-refractivity contribution in [1.82, 2.24) is 25.1 Å². The van der Waals surface area contributed by atoms with Crippen molar-refractivity contribution in [3.05, 3.63) is 41.2 Å². The molecule has 0 atom stereocenters. The van der Waals surface area contributed by atoms with Gasteiger partial charge in [0.25, 0.3) is 0 Å². The summed E-state index contributed by atoms with van der Waals surface area (Å²) in [6.45, 7) is 2.13. The van der Waals surface area contributed by atoms with Gasteiger partial charge in [0.05, 0.1) is 6.54 Å². The molecule has 1 aromatic carbocycles. The van der Waals surface area contributed by atoms with Crippen LogP contribution in [-0.2, 0) is 30.8 Å². The molecule has 1 aliphatic heterocycles.